The molecule has 0 saturated carbocycles. The van der Waals surface area contributed by atoms with E-state index in [-0.39, 0.29) is 0 Å². The van der Waals surface area contributed by atoms with Gasteiger partial charge in [-0.25, -0.2) is 9.97 Å². The summed E-state index contributed by atoms with van der Waals surface area (Å²) in [6.45, 7) is 6.62. The summed E-state index contributed by atoms with van der Waals surface area (Å²) in [7, 11) is 0. The van der Waals surface area contributed by atoms with Crippen LogP contribution < -0.4 is 4.90 Å². The number of aryl methyl sites for hydroxylation is 1. The number of anilines is 1. The molecular formula is C16H20N4O. The van der Waals surface area contributed by atoms with Gasteiger partial charge < -0.3 is 9.64 Å². The standard InChI is InChI=1S/C16H20N4O/c1-3-13-10-15(20-8-9-21-11-12(20)2)19-16(18-13)14-6-4-5-7-17-14/h4-7,10,12H,3,8-9,11H2,1-2H3. The fourth-order valence-electron chi connectivity index (χ4n) is 2.49. The molecule has 0 N–H and O–H groups in total. The van der Waals surface area contributed by atoms with Gasteiger partial charge in [-0.05, 0) is 25.5 Å². The third-order valence-electron chi connectivity index (χ3n) is 3.68. The van der Waals surface area contributed by atoms with Gasteiger partial charge in [0.15, 0.2) is 5.82 Å². The zero-order chi connectivity index (χ0) is 14.7. The van der Waals surface area contributed by atoms with Gasteiger partial charge in [0.25, 0.3) is 0 Å². The second kappa shape index (κ2) is 6.18. The Bertz CT molecular complexity index is 602. The summed E-state index contributed by atoms with van der Waals surface area (Å²) in [6, 6.07) is 8.21. The van der Waals surface area contributed by atoms with Crippen LogP contribution in [0.5, 0.6) is 0 Å². The minimum absolute atomic E-state index is 0.329. The first-order valence-electron chi connectivity index (χ1n) is 7.41. The lowest BCUT2D eigenvalue weighted by Crippen LogP contribution is -2.44. The van der Waals surface area contributed by atoms with Gasteiger partial charge in [-0.2, -0.15) is 0 Å². The molecule has 0 bridgehead atoms. The summed E-state index contributed by atoms with van der Waals surface area (Å²) < 4.78 is 5.51. The van der Waals surface area contributed by atoms with E-state index in [0.717, 1.165) is 43.4 Å². The van der Waals surface area contributed by atoms with Crippen molar-refractivity contribution in [3.8, 4) is 11.5 Å². The number of pyridine rings is 1. The molecule has 1 fully saturated rings. The van der Waals surface area contributed by atoms with Crippen LogP contribution >= 0.6 is 0 Å². The normalized spacial score (nSPS) is 18.8. The molecular weight excluding hydrogens is 264 g/mol. The molecule has 1 unspecified atom stereocenters. The number of nitrogens with zero attached hydrogens (tertiary/aromatic N) is 4. The van der Waals surface area contributed by atoms with E-state index in [1.54, 1.807) is 6.20 Å². The van der Waals surface area contributed by atoms with Crippen LogP contribution in [0.4, 0.5) is 5.82 Å². The van der Waals surface area contributed by atoms with Gasteiger partial charge >= 0.3 is 0 Å². The molecule has 1 saturated heterocycles. The fourth-order valence-corrected chi connectivity index (χ4v) is 2.49. The third kappa shape index (κ3) is 3.03. The molecule has 21 heavy (non-hydrogen) atoms. The maximum atomic E-state index is 5.51. The van der Waals surface area contributed by atoms with Crippen LogP contribution in [0.2, 0.25) is 0 Å². The number of hydrogen-bond donors (Lipinski definition) is 0. The van der Waals surface area contributed by atoms with Crippen LogP contribution in [0.15, 0.2) is 30.5 Å². The smallest absolute Gasteiger partial charge is 0.180 e. The molecule has 1 atom stereocenters. The van der Waals surface area contributed by atoms with Crippen LogP contribution in [-0.4, -0.2) is 40.8 Å². The molecule has 5 nitrogen and oxygen atoms in total. The Kier molecular flexibility index (Phi) is 4.10. The molecule has 110 valence electrons. The Morgan fingerprint density at radius 1 is 1.33 bits per heavy atom. The van der Waals surface area contributed by atoms with Crippen molar-refractivity contribution in [2.24, 2.45) is 0 Å². The van der Waals surface area contributed by atoms with E-state index in [1.165, 1.54) is 0 Å². The minimum atomic E-state index is 0.329. The Hall–Kier alpha value is -2.01. The average Bonchev–Trinajstić information content (AvgIpc) is 2.55. The van der Waals surface area contributed by atoms with E-state index >= 15 is 0 Å². The largest absolute Gasteiger partial charge is 0.377 e. The van der Waals surface area contributed by atoms with Crippen molar-refractivity contribution in [3.05, 3.63) is 36.2 Å². The minimum Gasteiger partial charge on any atom is -0.377 e. The lowest BCUT2D eigenvalue weighted by molar-refractivity contribution is 0.0985. The lowest BCUT2D eigenvalue weighted by Gasteiger charge is -2.34. The molecule has 0 spiro atoms. The first-order valence-corrected chi connectivity index (χ1v) is 7.41. The zero-order valence-electron chi connectivity index (χ0n) is 12.5. The van der Waals surface area contributed by atoms with Crippen LogP contribution in [-0.2, 0) is 11.2 Å². The fraction of sp³-hybridized carbons (Fsp3) is 0.438. The highest BCUT2D eigenvalue weighted by atomic mass is 16.5. The Balaban J connectivity index is 2.01. The first-order chi connectivity index (χ1) is 10.3. The Labute approximate surface area is 125 Å². The van der Waals surface area contributed by atoms with Crippen LogP contribution in [0.25, 0.3) is 11.5 Å². The molecule has 0 amide bonds. The molecule has 5 heteroatoms. The highest BCUT2D eigenvalue weighted by Gasteiger charge is 2.21. The zero-order valence-corrected chi connectivity index (χ0v) is 12.5. The van der Waals surface area contributed by atoms with E-state index in [4.69, 9.17) is 9.72 Å². The summed E-state index contributed by atoms with van der Waals surface area (Å²) in [5, 5.41) is 0. The van der Waals surface area contributed by atoms with Crippen molar-refractivity contribution < 1.29 is 4.74 Å². The molecule has 2 aromatic heterocycles. The summed E-state index contributed by atoms with van der Waals surface area (Å²) in [5.74, 6) is 1.67. The summed E-state index contributed by atoms with van der Waals surface area (Å²) >= 11 is 0. The molecule has 0 radical (unpaired) electrons. The molecule has 2 aromatic rings. The van der Waals surface area contributed by atoms with Gasteiger partial charge in [-0.3, -0.25) is 4.98 Å². The third-order valence-corrected chi connectivity index (χ3v) is 3.68. The molecule has 0 aromatic carbocycles. The van der Waals surface area contributed by atoms with Crippen molar-refractivity contribution in [2.45, 2.75) is 26.3 Å². The topological polar surface area (TPSA) is 51.1 Å². The maximum absolute atomic E-state index is 5.51. The van der Waals surface area contributed by atoms with Crippen molar-refractivity contribution in [3.63, 3.8) is 0 Å². The van der Waals surface area contributed by atoms with Gasteiger partial charge in [0.1, 0.15) is 11.5 Å². The van der Waals surface area contributed by atoms with Gasteiger partial charge in [0, 0.05) is 24.5 Å². The monoisotopic (exact) mass is 284 g/mol. The van der Waals surface area contributed by atoms with E-state index in [9.17, 15) is 0 Å². The first kappa shape index (κ1) is 13.9. The SMILES string of the molecule is CCc1cc(N2CCOCC2C)nc(-c2ccccn2)n1. The molecule has 3 rings (SSSR count). The molecule has 1 aliphatic rings. The summed E-state index contributed by atoms with van der Waals surface area (Å²) in [5.41, 5.74) is 1.86. The summed E-state index contributed by atoms with van der Waals surface area (Å²) in [4.78, 5) is 16.0. The molecule has 3 heterocycles. The number of rotatable bonds is 3. The van der Waals surface area contributed by atoms with Crippen molar-refractivity contribution >= 4 is 5.82 Å². The van der Waals surface area contributed by atoms with E-state index in [2.05, 4.69) is 34.8 Å². The number of ether oxygens (including phenoxy) is 1. The van der Waals surface area contributed by atoms with Gasteiger partial charge in [-0.1, -0.05) is 13.0 Å². The van der Waals surface area contributed by atoms with Crippen LogP contribution in [0, 0.1) is 0 Å². The summed E-state index contributed by atoms with van der Waals surface area (Å²) in [6.07, 6.45) is 2.66. The van der Waals surface area contributed by atoms with E-state index in [1.807, 2.05) is 18.2 Å². The van der Waals surface area contributed by atoms with Crippen molar-refractivity contribution in [2.75, 3.05) is 24.7 Å². The van der Waals surface area contributed by atoms with Crippen LogP contribution in [0.1, 0.15) is 19.5 Å². The lowest BCUT2D eigenvalue weighted by atomic mass is 10.2. The van der Waals surface area contributed by atoms with E-state index < -0.39 is 0 Å². The maximum Gasteiger partial charge on any atom is 0.180 e. The predicted octanol–water partition coefficient (Wildman–Crippen LogP) is 2.33. The molecule has 0 aliphatic carbocycles. The van der Waals surface area contributed by atoms with Crippen LogP contribution in [0.3, 0.4) is 0 Å². The van der Waals surface area contributed by atoms with Crippen molar-refractivity contribution in [1.82, 2.24) is 15.0 Å². The number of hydrogen-bond acceptors (Lipinski definition) is 5. The quantitative estimate of drug-likeness (QED) is 0.866. The Morgan fingerprint density at radius 3 is 2.95 bits per heavy atom. The highest BCUT2D eigenvalue weighted by molar-refractivity contribution is 5.54. The number of aromatic nitrogens is 3. The van der Waals surface area contributed by atoms with Gasteiger partial charge in [-0.15, -0.1) is 0 Å². The van der Waals surface area contributed by atoms with Gasteiger partial charge in [0.05, 0.1) is 19.3 Å². The number of morpholine rings is 1. The van der Waals surface area contributed by atoms with E-state index in [0.29, 0.717) is 11.9 Å². The molecule has 1 aliphatic heterocycles. The highest BCUT2D eigenvalue weighted by Crippen LogP contribution is 2.22. The van der Waals surface area contributed by atoms with Crippen molar-refractivity contribution in [1.29, 1.82) is 0 Å². The average molecular weight is 284 g/mol. The van der Waals surface area contributed by atoms with Gasteiger partial charge in [0.2, 0.25) is 0 Å². The second-order valence-corrected chi connectivity index (χ2v) is 5.23. The Morgan fingerprint density at radius 2 is 2.24 bits per heavy atom. The second-order valence-electron chi connectivity index (χ2n) is 5.23. The predicted molar refractivity (Wildman–Crippen MR) is 82.3 cm³/mol.